The summed E-state index contributed by atoms with van der Waals surface area (Å²) in [4.78, 5) is 12.6. The third-order valence-corrected chi connectivity index (χ3v) is 5.07. The van der Waals surface area contributed by atoms with E-state index in [-0.39, 0.29) is 11.9 Å². The summed E-state index contributed by atoms with van der Waals surface area (Å²) in [6.45, 7) is 9.90. The van der Waals surface area contributed by atoms with Crippen LogP contribution < -0.4 is 10.0 Å². The third kappa shape index (κ3) is 4.85. The topological polar surface area (TPSA) is 75.3 Å². The van der Waals surface area contributed by atoms with E-state index < -0.39 is 10.0 Å². The molecule has 6 heteroatoms. The van der Waals surface area contributed by atoms with E-state index in [9.17, 15) is 13.2 Å². The van der Waals surface area contributed by atoms with Crippen molar-refractivity contribution in [2.24, 2.45) is 0 Å². The molecule has 0 aromatic heterocycles. The van der Waals surface area contributed by atoms with E-state index in [1.807, 2.05) is 13.8 Å². The zero-order chi connectivity index (χ0) is 19.6. The van der Waals surface area contributed by atoms with Gasteiger partial charge < -0.3 is 5.32 Å². The number of rotatable bonds is 5. The first-order chi connectivity index (χ1) is 12.0. The van der Waals surface area contributed by atoms with Crippen molar-refractivity contribution < 1.29 is 13.2 Å². The van der Waals surface area contributed by atoms with Crippen LogP contribution in [0.4, 0.5) is 5.69 Å². The fraction of sp³-hybridized carbons (Fsp3) is 0.350. The van der Waals surface area contributed by atoms with Gasteiger partial charge in [0.05, 0.1) is 18.0 Å². The highest BCUT2D eigenvalue weighted by atomic mass is 32.2. The number of nitrogens with one attached hydrogen (secondary N) is 2. The number of benzene rings is 2. The highest BCUT2D eigenvalue weighted by Gasteiger charge is 2.15. The van der Waals surface area contributed by atoms with E-state index in [1.165, 1.54) is 11.1 Å². The van der Waals surface area contributed by atoms with Crippen LogP contribution in [0.15, 0.2) is 30.3 Å². The molecule has 1 amide bonds. The molecule has 0 heterocycles. The molecule has 0 bridgehead atoms. The summed E-state index contributed by atoms with van der Waals surface area (Å²) in [6.07, 6.45) is 1.10. The number of hydrogen-bond acceptors (Lipinski definition) is 3. The van der Waals surface area contributed by atoms with E-state index in [0.717, 1.165) is 17.4 Å². The molecule has 2 aromatic rings. The lowest BCUT2D eigenvalue weighted by Crippen LogP contribution is -2.27. The predicted molar refractivity (Wildman–Crippen MR) is 106 cm³/mol. The molecule has 2 rings (SSSR count). The summed E-state index contributed by atoms with van der Waals surface area (Å²) in [5.74, 6) is -0.191. The minimum atomic E-state index is -3.35. The van der Waals surface area contributed by atoms with Crippen LogP contribution in [-0.4, -0.2) is 20.6 Å². The molecule has 0 aliphatic carbocycles. The Labute approximate surface area is 155 Å². The van der Waals surface area contributed by atoms with Crippen molar-refractivity contribution in [3.8, 4) is 0 Å². The first kappa shape index (κ1) is 20.0. The maximum Gasteiger partial charge on any atom is 0.251 e. The maximum atomic E-state index is 12.6. The van der Waals surface area contributed by atoms with Crippen molar-refractivity contribution >= 4 is 21.6 Å². The largest absolute Gasteiger partial charge is 0.346 e. The van der Waals surface area contributed by atoms with Gasteiger partial charge in [0.2, 0.25) is 10.0 Å². The summed E-state index contributed by atoms with van der Waals surface area (Å²) in [5, 5.41) is 3.02. The van der Waals surface area contributed by atoms with Crippen LogP contribution >= 0.6 is 0 Å². The van der Waals surface area contributed by atoms with Crippen molar-refractivity contribution in [3.63, 3.8) is 0 Å². The first-order valence-electron chi connectivity index (χ1n) is 8.45. The molecule has 2 N–H and O–H groups in total. The van der Waals surface area contributed by atoms with Crippen LogP contribution in [0.25, 0.3) is 0 Å². The molecule has 0 aliphatic rings. The van der Waals surface area contributed by atoms with Crippen LogP contribution in [0, 0.1) is 27.7 Å². The molecule has 1 atom stereocenters. The van der Waals surface area contributed by atoms with E-state index >= 15 is 0 Å². The van der Waals surface area contributed by atoms with E-state index in [0.29, 0.717) is 16.8 Å². The summed E-state index contributed by atoms with van der Waals surface area (Å²) < 4.78 is 25.2. The van der Waals surface area contributed by atoms with Crippen LogP contribution in [-0.2, 0) is 10.0 Å². The quantitative estimate of drug-likeness (QED) is 0.836. The second-order valence-corrected chi connectivity index (χ2v) is 8.64. The Hall–Kier alpha value is -2.34. The smallest absolute Gasteiger partial charge is 0.251 e. The zero-order valence-electron chi connectivity index (χ0n) is 16.1. The van der Waals surface area contributed by atoms with Crippen molar-refractivity contribution in [1.82, 2.24) is 5.32 Å². The first-order valence-corrected chi connectivity index (χ1v) is 10.3. The van der Waals surface area contributed by atoms with E-state index in [4.69, 9.17) is 0 Å². The van der Waals surface area contributed by atoms with Crippen molar-refractivity contribution in [2.45, 2.75) is 40.7 Å². The van der Waals surface area contributed by atoms with Crippen molar-refractivity contribution in [3.05, 3.63) is 63.7 Å². The lowest BCUT2D eigenvalue weighted by molar-refractivity contribution is 0.0939. The molecule has 0 aliphatic heterocycles. The fourth-order valence-corrected chi connectivity index (χ4v) is 3.55. The normalized spacial score (nSPS) is 12.5. The number of hydrogen-bond donors (Lipinski definition) is 2. The predicted octanol–water partition coefficient (Wildman–Crippen LogP) is 3.78. The van der Waals surface area contributed by atoms with E-state index in [2.05, 4.69) is 36.0 Å². The summed E-state index contributed by atoms with van der Waals surface area (Å²) in [7, 11) is -3.35. The van der Waals surface area contributed by atoms with Gasteiger partial charge in [-0.05, 0) is 80.6 Å². The Morgan fingerprint density at radius 3 is 2.12 bits per heavy atom. The minimum absolute atomic E-state index is 0.129. The second-order valence-electron chi connectivity index (χ2n) is 6.89. The van der Waals surface area contributed by atoms with Gasteiger partial charge in [0.25, 0.3) is 5.91 Å². The molecular weight excluding hydrogens is 348 g/mol. The second kappa shape index (κ2) is 7.50. The molecule has 26 heavy (non-hydrogen) atoms. The van der Waals surface area contributed by atoms with Crippen LogP contribution in [0.1, 0.15) is 51.1 Å². The zero-order valence-corrected chi connectivity index (χ0v) is 16.9. The van der Waals surface area contributed by atoms with Crippen LogP contribution in [0.2, 0.25) is 0 Å². The highest BCUT2D eigenvalue weighted by Crippen LogP contribution is 2.23. The van der Waals surface area contributed by atoms with Gasteiger partial charge in [0.1, 0.15) is 0 Å². The van der Waals surface area contributed by atoms with Crippen molar-refractivity contribution in [2.75, 3.05) is 11.0 Å². The summed E-state index contributed by atoms with van der Waals surface area (Å²) in [6, 6.07) is 9.02. The standard InChI is InChI=1S/C20H26N2O3S/c1-12-9-14(3)18(11-13(12)2)16(5)21-20(23)17-7-8-19(15(4)10-17)22-26(6,24)25/h7-11,16,22H,1-6H3,(H,21,23). The molecule has 5 nitrogen and oxygen atoms in total. The van der Waals surface area contributed by atoms with Crippen LogP contribution in [0.3, 0.4) is 0 Å². The molecule has 0 fully saturated rings. The molecular formula is C20H26N2O3S. The Morgan fingerprint density at radius 1 is 0.923 bits per heavy atom. The van der Waals surface area contributed by atoms with Gasteiger partial charge in [-0.15, -0.1) is 0 Å². The number of amides is 1. The van der Waals surface area contributed by atoms with Gasteiger partial charge in [-0.2, -0.15) is 0 Å². The van der Waals surface area contributed by atoms with Gasteiger partial charge in [0, 0.05) is 5.56 Å². The third-order valence-electron chi connectivity index (χ3n) is 4.48. The van der Waals surface area contributed by atoms with Crippen molar-refractivity contribution in [1.29, 1.82) is 0 Å². The van der Waals surface area contributed by atoms with Gasteiger partial charge in [-0.1, -0.05) is 12.1 Å². The van der Waals surface area contributed by atoms with Gasteiger partial charge in [0.15, 0.2) is 0 Å². The monoisotopic (exact) mass is 374 g/mol. The lowest BCUT2D eigenvalue weighted by Gasteiger charge is -2.19. The number of aryl methyl sites for hydroxylation is 4. The Bertz CT molecular complexity index is 950. The summed E-state index contributed by atoms with van der Waals surface area (Å²) >= 11 is 0. The average molecular weight is 375 g/mol. The van der Waals surface area contributed by atoms with Crippen LogP contribution in [0.5, 0.6) is 0 Å². The van der Waals surface area contributed by atoms with Gasteiger partial charge in [-0.25, -0.2) is 8.42 Å². The molecule has 0 saturated heterocycles. The molecule has 0 spiro atoms. The Balaban J connectivity index is 2.20. The fourth-order valence-electron chi connectivity index (χ4n) is 2.93. The van der Waals surface area contributed by atoms with Gasteiger partial charge in [-0.3, -0.25) is 9.52 Å². The number of carbonyl (C=O) groups is 1. The Morgan fingerprint density at radius 2 is 1.54 bits per heavy atom. The molecule has 0 radical (unpaired) electrons. The molecule has 0 saturated carbocycles. The van der Waals surface area contributed by atoms with E-state index in [1.54, 1.807) is 25.1 Å². The molecule has 2 aromatic carbocycles. The summed E-state index contributed by atoms with van der Waals surface area (Å²) in [5.41, 5.74) is 6.32. The SMILES string of the molecule is Cc1cc(C)c(C(C)NC(=O)c2ccc(NS(C)(=O)=O)c(C)c2)cc1C. The number of carbonyl (C=O) groups excluding carboxylic acids is 1. The Kier molecular flexibility index (Phi) is 5.76. The molecule has 1 unspecified atom stereocenters. The average Bonchev–Trinajstić information content (AvgIpc) is 2.51. The minimum Gasteiger partial charge on any atom is -0.346 e. The number of sulfonamides is 1. The maximum absolute atomic E-state index is 12.6. The van der Waals surface area contributed by atoms with Gasteiger partial charge >= 0.3 is 0 Å². The number of anilines is 1. The molecule has 140 valence electrons. The lowest BCUT2D eigenvalue weighted by atomic mass is 9.96. The highest BCUT2D eigenvalue weighted by molar-refractivity contribution is 7.92.